The van der Waals surface area contributed by atoms with Crippen molar-refractivity contribution >= 4 is 0 Å². The fraction of sp³-hybridized carbons (Fsp3) is 1.00. The highest BCUT2D eigenvalue weighted by molar-refractivity contribution is 4.86. The third-order valence-electron chi connectivity index (χ3n) is 5.79. The van der Waals surface area contributed by atoms with Crippen LogP contribution < -0.4 is 5.32 Å². The van der Waals surface area contributed by atoms with Gasteiger partial charge in [0, 0.05) is 12.6 Å². The predicted octanol–water partition coefficient (Wildman–Crippen LogP) is 3.42. The minimum atomic E-state index is 0.861. The molecular weight excluding hydrogens is 232 g/mol. The summed E-state index contributed by atoms with van der Waals surface area (Å²) in [6, 6.07) is 0.861. The first-order valence-corrected chi connectivity index (χ1v) is 8.87. The zero-order valence-electron chi connectivity index (χ0n) is 12.6. The maximum absolute atomic E-state index is 3.71. The maximum Gasteiger partial charge on any atom is 0.00967 e. The summed E-state index contributed by atoms with van der Waals surface area (Å²) in [6.07, 6.45) is 14.7. The van der Waals surface area contributed by atoms with Gasteiger partial charge in [-0.1, -0.05) is 25.7 Å². The third kappa shape index (κ3) is 3.95. The SMILES string of the molecule is C1CCCC(CN2CCC(C3CCCN3)CC2)CC1. The van der Waals surface area contributed by atoms with Crippen molar-refractivity contribution in [3.63, 3.8) is 0 Å². The average Bonchev–Trinajstić information content (AvgIpc) is 2.86. The largest absolute Gasteiger partial charge is 0.314 e. The Labute approximate surface area is 119 Å². The van der Waals surface area contributed by atoms with E-state index in [0.717, 1.165) is 17.9 Å². The molecule has 110 valence electrons. The lowest BCUT2D eigenvalue weighted by molar-refractivity contribution is 0.139. The number of hydrogen-bond donors (Lipinski definition) is 1. The molecule has 0 bridgehead atoms. The molecule has 3 aliphatic rings. The van der Waals surface area contributed by atoms with Gasteiger partial charge in [-0.15, -0.1) is 0 Å². The molecule has 1 saturated carbocycles. The van der Waals surface area contributed by atoms with Crippen molar-refractivity contribution in [2.45, 2.75) is 70.3 Å². The van der Waals surface area contributed by atoms with Gasteiger partial charge >= 0.3 is 0 Å². The lowest BCUT2D eigenvalue weighted by atomic mass is 9.88. The van der Waals surface area contributed by atoms with E-state index in [4.69, 9.17) is 0 Å². The van der Waals surface area contributed by atoms with E-state index in [1.165, 1.54) is 90.4 Å². The zero-order valence-corrected chi connectivity index (χ0v) is 12.6. The van der Waals surface area contributed by atoms with Crippen LogP contribution in [-0.2, 0) is 0 Å². The molecule has 0 aromatic carbocycles. The molecule has 2 heteroatoms. The van der Waals surface area contributed by atoms with Gasteiger partial charge in [0.05, 0.1) is 0 Å². The molecule has 19 heavy (non-hydrogen) atoms. The second-order valence-corrected chi connectivity index (χ2v) is 7.20. The van der Waals surface area contributed by atoms with Crippen molar-refractivity contribution in [3.05, 3.63) is 0 Å². The predicted molar refractivity (Wildman–Crippen MR) is 81.4 cm³/mol. The minimum absolute atomic E-state index is 0.861. The first-order valence-electron chi connectivity index (χ1n) is 8.87. The summed E-state index contributed by atoms with van der Waals surface area (Å²) >= 11 is 0. The number of rotatable bonds is 3. The summed E-state index contributed by atoms with van der Waals surface area (Å²) in [5.74, 6) is 2.00. The summed E-state index contributed by atoms with van der Waals surface area (Å²) in [5.41, 5.74) is 0. The van der Waals surface area contributed by atoms with Crippen LogP contribution in [0.3, 0.4) is 0 Å². The standard InChI is InChI=1S/C17H32N2/c1-2-4-7-15(6-3-1)14-19-12-9-16(10-13-19)17-8-5-11-18-17/h15-18H,1-14H2. The molecule has 2 heterocycles. The van der Waals surface area contributed by atoms with E-state index >= 15 is 0 Å². The highest BCUT2D eigenvalue weighted by Gasteiger charge is 2.29. The molecule has 1 unspecified atom stereocenters. The monoisotopic (exact) mass is 264 g/mol. The lowest BCUT2D eigenvalue weighted by Crippen LogP contribution is -2.42. The van der Waals surface area contributed by atoms with Crippen LogP contribution in [0.15, 0.2) is 0 Å². The third-order valence-corrected chi connectivity index (χ3v) is 5.79. The minimum Gasteiger partial charge on any atom is -0.314 e. The molecule has 0 spiro atoms. The van der Waals surface area contributed by atoms with Crippen LogP contribution in [0.4, 0.5) is 0 Å². The molecule has 1 N–H and O–H groups in total. The molecule has 0 radical (unpaired) electrons. The zero-order chi connectivity index (χ0) is 12.9. The Morgan fingerprint density at radius 3 is 2.16 bits per heavy atom. The summed E-state index contributed by atoms with van der Waals surface area (Å²) in [4.78, 5) is 2.78. The number of nitrogens with zero attached hydrogens (tertiary/aromatic N) is 1. The molecular formula is C17H32N2. The van der Waals surface area contributed by atoms with Crippen LogP contribution in [0, 0.1) is 11.8 Å². The Morgan fingerprint density at radius 1 is 0.789 bits per heavy atom. The van der Waals surface area contributed by atoms with Gasteiger partial charge in [-0.2, -0.15) is 0 Å². The lowest BCUT2D eigenvalue weighted by Gasteiger charge is -2.36. The smallest absolute Gasteiger partial charge is 0.00967 e. The van der Waals surface area contributed by atoms with E-state index in [-0.39, 0.29) is 0 Å². The van der Waals surface area contributed by atoms with Crippen LogP contribution >= 0.6 is 0 Å². The van der Waals surface area contributed by atoms with E-state index in [1.807, 2.05) is 0 Å². The second kappa shape index (κ2) is 7.08. The Kier molecular flexibility index (Phi) is 5.17. The first-order chi connectivity index (χ1) is 9.42. The van der Waals surface area contributed by atoms with Crippen LogP contribution in [-0.4, -0.2) is 37.1 Å². The molecule has 3 rings (SSSR count). The molecule has 0 aromatic rings. The van der Waals surface area contributed by atoms with Crippen molar-refractivity contribution in [2.24, 2.45) is 11.8 Å². The van der Waals surface area contributed by atoms with Crippen LogP contribution in [0.25, 0.3) is 0 Å². The Bertz CT molecular complexity index is 244. The molecule has 0 aromatic heterocycles. The van der Waals surface area contributed by atoms with Gasteiger partial charge in [0.1, 0.15) is 0 Å². The van der Waals surface area contributed by atoms with Crippen molar-refractivity contribution in [2.75, 3.05) is 26.2 Å². The van der Waals surface area contributed by atoms with Gasteiger partial charge in [-0.3, -0.25) is 0 Å². The van der Waals surface area contributed by atoms with E-state index in [2.05, 4.69) is 10.2 Å². The van der Waals surface area contributed by atoms with E-state index < -0.39 is 0 Å². The summed E-state index contributed by atoms with van der Waals surface area (Å²) in [5, 5.41) is 3.71. The number of likely N-dealkylation sites (tertiary alicyclic amines) is 1. The Morgan fingerprint density at radius 2 is 1.53 bits per heavy atom. The molecule has 2 saturated heterocycles. The fourth-order valence-corrected chi connectivity index (χ4v) is 4.56. The number of nitrogens with one attached hydrogen (secondary N) is 1. The van der Waals surface area contributed by atoms with Gasteiger partial charge in [0.25, 0.3) is 0 Å². The topological polar surface area (TPSA) is 15.3 Å². The van der Waals surface area contributed by atoms with Crippen LogP contribution in [0.2, 0.25) is 0 Å². The van der Waals surface area contributed by atoms with Gasteiger partial charge in [0.2, 0.25) is 0 Å². The van der Waals surface area contributed by atoms with Crippen LogP contribution in [0.5, 0.6) is 0 Å². The fourth-order valence-electron chi connectivity index (χ4n) is 4.56. The first kappa shape index (κ1) is 13.9. The van der Waals surface area contributed by atoms with Crippen molar-refractivity contribution in [1.29, 1.82) is 0 Å². The molecule has 2 aliphatic heterocycles. The second-order valence-electron chi connectivity index (χ2n) is 7.20. The van der Waals surface area contributed by atoms with Gasteiger partial charge in [0.15, 0.2) is 0 Å². The molecule has 1 aliphatic carbocycles. The van der Waals surface area contributed by atoms with E-state index in [1.54, 1.807) is 0 Å². The van der Waals surface area contributed by atoms with Crippen molar-refractivity contribution < 1.29 is 0 Å². The average molecular weight is 264 g/mol. The summed E-state index contributed by atoms with van der Waals surface area (Å²) in [7, 11) is 0. The highest BCUT2D eigenvalue weighted by Crippen LogP contribution is 2.28. The van der Waals surface area contributed by atoms with Crippen molar-refractivity contribution in [1.82, 2.24) is 10.2 Å². The molecule has 2 nitrogen and oxygen atoms in total. The Balaban J connectivity index is 1.39. The van der Waals surface area contributed by atoms with Crippen LogP contribution in [0.1, 0.15) is 64.2 Å². The number of piperidine rings is 1. The van der Waals surface area contributed by atoms with E-state index in [0.29, 0.717) is 0 Å². The quantitative estimate of drug-likeness (QED) is 0.786. The van der Waals surface area contributed by atoms with Gasteiger partial charge in [-0.05, 0) is 70.0 Å². The highest BCUT2D eigenvalue weighted by atomic mass is 15.1. The molecule has 3 fully saturated rings. The maximum atomic E-state index is 3.71. The Hall–Kier alpha value is -0.0800. The van der Waals surface area contributed by atoms with Gasteiger partial charge < -0.3 is 10.2 Å². The molecule has 1 atom stereocenters. The summed E-state index contributed by atoms with van der Waals surface area (Å²) in [6.45, 7) is 5.43. The normalized spacial score (nSPS) is 32.5. The summed E-state index contributed by atoms with van der Waals surface area (Å²) < 4.78 is 0. The number of hydrogen-bond acceptors (Lipinski definition) is 2. The van der Waals surface area contributed by atoms with Gasteiger partial charge in [-0.25, -0.2) is 0 Å². The van der Waals surface area contributed by atoms with Crippen molar-refractivity contribution in [3.8, 4) is 0 Å². The van der Waals surface area contributed by atoms with E-state index in [9.17, 15) is 0 Å². The molecule has 0 amide bonds.